The molecule has 28 heavy (non-hydrogen) atoms. The van der Waals surface area contributed by atoms with Crippen LogP contribution in [-0.4, -0.2) is 67.8 Å². The van der Waals surface area contributed by atoms with Crippen LogP contribution in [0.2, 0.25) is 0 Å². The molecule has 1 saturated heterocycles. The summed E-state index contributed by atoms with van der Waals surface area (Å²) in [5, 5.41) is 31.9. The predicted molar refractivity (Wildman–Crippen MR) is 91.4 cm³/mol. The van der Waals surface area contributed by atoms with Gasteiger partial charge in [0.15, 0.2) is 5.65 Å². The van der Waals surface area contributed by atoms with Crippen LogP contribution >= 0.6 is 0 Å². The van der Waals surface area contributed by atoms with E-state index in [1.165, 1.54) is 13.0 Å². The van der Waals surface area contributed by atoms with Crippen LogP contribution in [0.15, 0.2) is 12.1 Å². The third kappa shape index (κ3) is 4.02. The number of hydrogen-bond donors (Lipinski definition) is 3. The summed E-state index contributed by atoms with van der Waals surface area (Å²) in [6, 6.07) is 2.98. The van der Waals surface area contributed by atoms with Gasteiger partial charge >= 0.3 is 6.18 Å². The van der Waals surface area contributed by atoms with Crippen molar-refractivity contribution in [3.63, 3.8) is 0 Å². The Balaban J connectivity index is 1.69. The maximum absolute atomic E-state index is 13.0. The maximum Gasteiger partial charge on any atom is 0.453 e. The number of piperidine rings is 1. The molecule has 1 fully saturated rings. The Morgan fingerprint density at radius 2 is 1.86 bits per heavy atom. The van der Waals surface area contributed by atoms with Crippen LogP contribution < -0.4 is 10.2 Å². The molecule has 3 N–H and O–H groups in total. The zero-order valence-corrected chi connectivity index (χ0v) is 15.1. The third-order valence-electron chi connectivity index (χ3n) is 4.81. The first-order valence-corrected chi connectivity index (χ1v) is 8.75. The quantitative estimate of drug-likeness (QED) is 0.655. The number of hydrogen-bond acceptors (Lipinski definition) is 7. The van der Waals surface area contributed by atoms with Crippen LogP contribution in [0.1, 0.15) is 25.6 Å². The van der Waals surface area contributed by atoms with E-state index < -0.39 is 30.8 Å². The van der Waals surface area contributed by atoms with Crippen molar-refractivity contribution in [3.8, 4) is 0 Å². The molecule has 2 aromatic rings. The summed E-state index contributed by atoms with van der Waals surface area (Å²) < 4.78 is 39.7. The maximum atomic E-state index is 13.0. The van der Waals surface area contributed by atoms with Crippen LogP contribution in [-0.2, 0) is 11.0 Å². The van der Waals surface area contributed by atoms with Gasteiger partial charge in [0.05, 0.1) is 18.8 Å². The van der Waals surface area contributed by atoms with E-state index in [0.29, 0.717) is 36.3 Å². The highest BCUT2D eigenvalue weighted by atomic mass is 19.4. The molecule has 0 aliphatic carbocycles. The average Bonchev–Trinajstić information content (AvgIpc) is 3.11. The fraction of sp³-hybridized carbons (Fsp3) is 0.625. The molecule has 2 aromatic heterocycles. The molecule has 3 rings (SSSR count). The Labute approximate surface area is 158 Å². The second-order valence-corrected chi connectivity index (χ2v) is 7.11. The van der Waals surface area contributed by atoms with Crippen molar-refractivity contribution in [2.75, 3.05) is 31.2 Å². The SMILES string of the molecule is CC(CO)(CO)NC(=O)C1CCN(c2ccc3nnc(C(F)(F)F)n3n2)CC1. The molecular weight excluding hydrogens is 381 g/mol. The Bertz CT molecular complexity index is 844. The van der Waals surface area contributed by atoms with E-state index in [-0.39, 0.29) is 17.5 Å². The van der Waals surface area contributed by atoms with Crippen molar-refractivity contribution in [1.29, 1.82) is 0 Å². The molecule has 1 aliphatic rings. The lowest BCUT2D eigenvalue weighted by atomic mass is 9.94. The van der Waals surface area contributed by atoms with Crippen LogP contribution in [0, 0.1) is 5.92 Å². The number of halogens is 3. The molecule has 12 heteroatoms. The highest BCUT2D eigenvalue weighted by Crippen LogP contribution is 2.28. The number of nitrogens with zero attached hydrogens (tertiary/aromatic N) is 5. The topological polar surface area (TPSA) is 116 Å². The summed E-state index contributed by atoms with van der Waals surface area (Å²) in [5.41, 5.74) is -1.10. The van der Waals surface area contributed by atoms with Crippen LogP contribution in [0.3, 0.4) is 0 Å². The van der Waals surface area contributed by atoms with Gasteiger partial charge in [-0.25, -0.2) is 0 Å². The van der Waals surface area contributed by atoms with Gasteiger partial charge in [-0.15, -0.1) is 15.3 Å². The van der Waals surface area contributed by atoms with E-state index >= 15 is 0 Å². The highest BCUT2D eigenvalue weighted by molar-refractivity contribution is 5.79. The van der Waals surface area contributed by atoms with E-state index in [9.17, 15) is 28.2 Å². The van der Waals surface area contributed by atoms with E-state index in [1.807, 2.05) is 0 Å². The first kappa shape index (κ1) is 20.3. The number of nitrogens with one attached hydrogen (secondary N) is 1. The normalized spacial score (nSPS) is 16.6. The Kier molecular flexibility index (Phi) is 5.44. The van der Waals surface area contributed by atoms with Crippen molar-refractivity contribution >= 4 is 17.4 Å². The Morgan fingerprint density at radius 1 is 1.21 bits per heavy atom. The summed E-state index contributed by atoms with van der Waals surface area (Å²) in [5.74, 6) is -1.44. The van der Waals surface area contributed by atoms with E-state index in [1.54, 1.807) is 11.0 Å². The largest absolute Gasteiger partial charge is 0.453 e. The number of anilines is 1. The summed E-state index contributed by atoms with van der Waals surface area (Å²) in [4.78, 5) is 14.1. The van der Waals surface area contributed by atoms with Gasteiger partial charge in [0.25, 0.3) is 5.82 Å². The van der Waals surface area contributed by atoms with E-state index in [4.69, 9.17) is 0 Å². The van der Waals surface area contributed by atoms with Crippen LogP contribution in [0.5, 0.6) is 0 Å². The minimum Gasteiger partial charge on any atom is -0.394 e. The molecule has 1 aliphatic heterocycles. The number of fused-ring (bicyclic) bond motifs is 1. The molecule has 3 heterocycles. The van der Waals surface area contributed by atoms with E-state index in [0.717, 1.165) is 0 Å². The van der Waals surface area contributed by atoms with Crippen LogP contribution in [0.4, 0.5) is 19.0 Å². The standard InChI is InChI=1S/C16H21F3N6O3/c1-15(8-26,9-27)20-13(28)10-4-6-24(7-5-10)12-3-2-11-21-22-14(16(17,18)19)25(11)23-12/h2-3,10,26-27H,4-9H2,1H3,(H,20,28). The smallest absolute Gasteiger partial charge is 0.394 e. The number of aromatic nitrogens is 4. The highest BCUT2D eigenvalue weighted by Gasteiger charge is 2.38. The monoisotopic (exact) mass is 402 g/mol. The number of aliphatic hydroxyl groups excluding tert-OH is 2. The number of alkyl halides is 3. The third-order valence-corrected chi connectivity index (χ3v) is 4.81. The van der Waals surface area contributed by atoms with Gasteiger partial charge in [-0.05, 0) is 31.9 Å². The Morgan fingerprint density at radius 3 is 2.43 bits per heavy atom. The van der Waals surface area contributed by atoms with Gasteiger partial charge in [-0.3, -0.25) is 4.79 Å². The Hall–Kier alpha value is -2.47. The molecular formula is C16H21F3N6O3. The number of carbonyl (C=O) groups excluding carboxylic acids is 1. The lowest BCUT2D eigenvalue weighted by molar-refractivity contribution is -0.146. The first-order valence-electron chi connectivity index (χ1n) is 8.75. The van der Waals surface area contributed by atoms with Crippen molar-refractivity contribution in [2.45, 2.75) is 31.5 Å². The van der Waals surface area contributed by atoms with Gasteiger partial charge in [0.1, 0.15) is 5.82 Å². The molecule has 0 saturated carbocycles. The van der Waals surface area contributed by atoms with Crippen molar-refractivity contribution in [1.82, 2.24) is 25.1 Å². The minimum absolute atomic E-state index is 0.00219. The molecule has 9 nitrogen and oxygen atoms in total. The van der Waals surface area contributed by atoms with E-state index in [2.05, 4.69) is 20.6 Å². The zero-order chi connectivity index (χ0) is 20.5. The molecule has 0 bridgehead atoms. The second kappa shape index (κ2) is 7.51. The zero-order valence-electron chi connectivity index (χ0n) is 15.1. The predicted octanol–water partition coefficient (Wildman–Crippen LogP) is 0.219. The molecule has 0 radical (unpaired) electrons. The average molecular weight is 402 g/mol. The summed E-state index contributed by atoms with van der Waals surface area (Å²) >= 11 is 0. The minimum atomic E-state index is -4.66. The molecule has 154 valence electrons. The summed E-state index contributed by atoms with van der Waals surface area (Å²) in [6.45, 7) is 1.61. The van der Waals surface area contributed by atoms with Crippen molar-refractivity contribution in [2.24, 2.45) is 5.92 Å². The van der Waals surface area contributed by atoms with Crippen molar-refractivity contribution < 1.29 is 28.2 Å². The van der Waals surface area contributed by atoms with Gasteiger partial charge in [-0.2, -0.15) is 17.7 Å². The van der Waals surface area contributed by atoms with Gasteiger partial charge in [-0.1, -0.05) is 0 Å². The number of amides is 1. The number of aliphatic hydroxyl groups is 2. The fourth-order valence-corrected chi connectivity index (χ4v) is 3.02. The van der Waals surface area contributed by atoms with Crippen molar-refractivity contribution in [3.05, 3.63) is 18.0 Å². The molecule has 1 amide bonds. The lowest BCUT2D eigenvalue weighted by Crippen LogP contribution is -2.54. The summed E-state index contributed by atoms with van der Waals surface area (Å²) in [7, 11) is 0. The molecule has 0 unspecified atom stereocenters. The second-order valence-electron chi connectivity index (χ2n) is 7.11. The van der Waals surface area contributed by atoms with Gasteiger partial charge in [0, 0.05) is 19.0 Å². The van der Waals surface area contributed by atoms with Gasteiger partial charge < -0.3 is 20.4 Å². The number of rotatable bonds is 5. The van der Waals surface area contributed by atoms with Gasteiger partial charge in [0.2, 0.25) is 5.91 Å². The fourth-order valence-electron chi connectivity index (χ4n) is 3.02. The molecule has 0 aromatic carbocycles. The molecule has 0 atom stereocenters. The lowest BCUT2D eigenvalue weighted by Gasteiger charge is -2.34. The molecule has 0 spiro atoms. The first-order chi connectivity index (χ1) is 13.2. The summed E-state index contributed by atoms with van der Waals surface area (Å²) in [6.07, 6.45) is -3.73. The van der Waals surface area contributed by atoms with Crippen LogP contribution in [0.25, 0.3) is 5.65 Å². The number of carbonyl (C=O) groups is 1.